The largest absolute Gasteiger partial charge is 0.291 e. The number of nitrogens with zero attached hydrogens (tertiary/aromatic N) is 2. The van der Waals surface area contributed by atoms with Crippen molar-refractivity contribution < 1.29 is 0 Å². The Balaban J connectivity index is 2.13. The fourth-order valence-electron chi connectivity index (χ4n) is 3.79. The van der Waals surface area contributed by atoms with E-state index >= 15 is 0 Å². The monoisotopic (exact) mass is 510 g/mol. The summed E-state index contributed by atoms with van der Waals surface area (Å²) in [6.07, 6.45) is 0. The summed E-state index contributed by atoms with van der Waals surface area (Å²) in [5.74, 6) is 0.973. The number of aromatic nitrogens is 2. The lowest BCUT2D eigenvalue weighted by atomic mass is 9.87. The van der Waals surface area contributed by atoms with E-state index in [4.69, 9.17) is 4.98 Å². The van der Waals surface area contributed by atoms with E-state index in [2.05, 4.69) is 120 Å². The van der Waals surface area contributed by atoms with E-state index in [1.165, 1.54) is 22.3 Å². The molecule has 29 heavy (non-hydrogen) atoms. The van der Waals surface area contributed by atoms with Gasteiger partial charge in [-0.3, -0.25) is 4.57 Å². The van der Waals surface area contributed by atoms with E-state index in [1.54, 1.807) is 0 Å². The molecule has 0 aliphatic heterocycles. The van der Waals surface area contributed by atoms with Crippen LogP contribution in [0.4, 0.5) is 0 Å². The molecule has 0 atom stereocenters. The zero-order valence-electron chi connectivity index (χ0n) is 17.3. The lowest BCUT2D eigenvalue weighted by Gasteiger charge is -2.19. The number of halogens is 2. The Morgan fingerprint density at radius 1 is 0.862 bits per heavy atom. The molecule has 4 rings (SSSR count). The van der Waals surface area contributed by atoms with Gasteiger partial charge in [0.05, 0.1) is 21.2 Å². The number of imidazole rings is 1. The van der Waals surface area contributed by atoms with Gasteiger partial charge in [-0.1, -0.05) is 51.1 Å². The lowest BCUT2D eigenvalue weighted by molar-refractivity contribution is 0.591. The molecule has 0 radical (unpaired) electrons. The van der Waals surface area contributed by atoms with E-state index in [1.807, 2.05) is 6.07 Å². The third kappa shape index (κ3) is 3.57. The summed E-state index contributed by atoms with van der Waals surface area (Å²) in [5.41, 5.74) is 8.20. The van der Waals surface area contributed by atoms with Crippen LogP contribution in [0.5, 0.6) is 0 Å². The summed E-state index contributed by atoms with van der Waals surface area (Å²) < 4.78 is 4.31. The van der Waals surface area contributed by atoms with Crippen molar-refractivity contribution in [2.24, 2.45) is 0 Å². The third-order valence-electron chi connectivity index (χ3n) is 5.40. The fraction of sp³-hybridized carbons (Fsp3) is 0.240. The second-order valence-electron chi connectivity index (χ2n) is 8.56. The molecule has 4 aromatic rings. The van der Waals surface area contributed by atoms with Crippen LogP contribution in [0.3, 0.4) is 0 Å². The van der Waals surface area contributed by atoms with Gasteiger partial charge in [0.2, 0.25) is 0 Å². The first-order chi connectivity index (χ1) is 13.7. The molecular weight excluding hydrogens is 488 g/mol. The Bertz CT molecular complexity index is 1210. The molecule has 0 N–H and O–H groups in total. The van der Waals surface area contributed by atoms with E-state index in [0.717, 1.165) is 31.5 Å². The predicted molar refractivity (Wildman–Crippen MR) is 130 cm³/mol. The minimum absolute atomic E-state index is 0.0765. The molecule has 0 spiro atoms. The van der Waals surface area contributed by atoms with Crippen molar-refractivity contribution in [1.29, 1.82) is 0 Å². The number of rotatable bonds is 2. The topological polar surface area (TPSA) is 17.8 Å². The highest BCUT2D eigenvalue weighted by atomic mass is 79.9. The molecule has 0 saturated carbocycles. The molecule has 2 nitrogen and oxygen atoms in total. The first-order valence-electron chi connectivity index (χ1n) is 9.72. The van der Waals surface area contributed by atoms with Gasteiger partial charge in [0.1, 0.15) is 5.82 Å². The minimum Gasteiger partial charge on any atom is -0.291 e. The normalized spacial score (nSPS) is 12.0. The number of aryl methyl sites for hydroxylation is 2. The van der Waals surface area contributed by atoms with Gasteiger partial charge < -0.3 is 0 Å². The predicted octanol–water partition coefficient (Wildman–Crippen LogP) is 8.13. The maximum Gasteiger partial charge on any atom is 0.146 e. The van der Waals surface area contributed by atoms with Crippen molar-refractivity contribution >= 4 is 42.9 Å². The van der Waals surface area contributed by atoms with Gasteiger partial charge in [0, 0.05) is 10.0 Å². The second-order valence-corrected chi connectivity index (χ2v) is 10.2. The fourth-order valence-corrected chi connectivity index (χ4v) is 4.59. The Kier molecular flexibility index (Phi) is 5.20. The lowest BCUT2D eigenvalue weighted by Crippen LogP contribution is -2.10. The maximum absolute atomic E-state index is 5.15. The summed E-state index contributed by atoms with van der Waals surface area (Å²) in [6.45, 7) is 11.0. The van der Waals surface area contributed by atoms with Gasteiger partial charge >= 0.3 is 0 Å². The molecule has 148 valence electrons. The van der Waals surface area contributed by atoms with Gasteiger partial charge in [0.15, 0.2) is 0 Å². The summed E-state index contributed by atoms with van der Waals surface area (Å²) in [4.78, 5) is 5.15. The molecule has 0 amide bonds. The van der Waals surface area contributed by atoms with Crippen molar-refractivity contribution in [3.63, 3.8) is 0 Å². The van der Waals surface area contributed by atoms with Gasteiger partial charge in [-0.05, 0) is 92.1 Å². The van der Waals surface area contributed by atoms with Gasteiger partial charge in [-0.2, -0.15) is 0 Å². The van der Waals surface area contributed by atoms with E-state index < -0.39 is 0 Å². The summed E-state index contributed by atoms with van der Waals surface area (Å²) in [6, 6.07) is 19.3. The third-order valence-corrected chi connectivity index (χ3v) is 7.42. The van der Waals surface area contributed by atoms with Crippen LogP contribution in [0.1, 0.15) is 37.5 Å². The number of fused-ring (bicyclic) bond motifs is 1. The average Bonchev–Trinajstić information content (AvgIpc) is 3.01. The zero-order chi connectivity index (χ0) is 20.9. The van der Waals surface area contributed by atoms with Crippen LogP contribution in [0.2, 0.25) is 0 Å². The van der Waals surface area contributed by atoms with Gasteiger partial charge in [0.25, 0.3) is 0 Å². The molecule has 0 saturated heterocycles. The average molecular weight is 512 g/mol. The molecule has 0 aliphatic rings. The molecular formula is C25H24Br2N2. The smallest absolute Gasteiger partial charge is 0.146 e. The molecule has 3 aromatic carbocycles. The van der Waals surface area contributed by atoms with E-state index in [0.29, 0.717) is 0 Å². The summed E-state index contributed by atoms with van der Waals surface area (Å²) in [5, 5.41) is 0. The van der Waals surface area contributed by atoms with Crippen molar-refractivity contribution in [2.75, 3.05) is 0 Å². The highest BCUT2D eigenvalue weighted by molar-refractivity contribution is 9.13. The van der Waals surface area contributed by atoms with Gasteiger partial charge in [-0.15, -0.1) is 0 Å². The van der Waals surface area contributed by atoms with Crippen LogP contribution in [-0.4, -0.2) is 9.55 Å². The van der Waals surface area contributed by atoms with Crippen LogP contribution < -0.4 is 0 Å². The molecule has 0 aliphatic carbocycles. The van der Waals surface area contributed by atoms with Crippen molar-refractivity contribution in [3.05, 3.63) is 80.2 Å². The molecule has 1 heterocycles. The van der Waals surface area contributed by atoms with Gasteiger partial charge in [-0.25, -0.2) is 4.98 Å². The molecule has 0 fully saturated rings. The van der Waals surface area contributed by atoms with Crippen LogP contribution in [0, 0.1) is 13.8 Å². The Morgan fingerprint density at radius 2 is 1.52 bits per heavy atom. The Labute approximate surface area is 189 Å². The SMILES string of the molecule is Cc1cccc(C)c1-c1nc2cc(C(C)(C)C)ccc2n1-c1cccc(Br)c1Br. The Morgan fingerprint density at radius 3 is 2.17 bits per heavy atom. The molecule has 1 aromatic heterocycles. The minimum atomic E-state index is 0.0765. The summed E-state index contributed by atoms with van der Waals surface area (Å²) >= 11 is 7.44. The summed E-state index contributed by atoms with van der Waals surface area (Å²) in [7, 11) is 0. The highest BCUT2D eigenvalue weighted by Crippen LogP contribution is 2.38. The zero-order valence-corrected chi connectivity index (χ0v) is 20.5. The van der Waals surface area contributed by atoms with Crippen LogP contribution in [0.15, 0.2) is 63.5 Å². The standard InChI is InChI=1S/C25H24Br2N2/c1-15-8-6-9-16(2)22(15)24-28-19-14-17(25(3,4)5)12-13-20(19)29(24)21-11-7-10-18(26)23(21)27/h6-14H,1-5H3. The molecule has 0 unspecified atom stereocenters. The second kappa shape index (κ2) is 7.41. The number of hydrogen-bond donors (Lipinski definition) is 0. The quantitative estimate of drug-likeness (QED) is 0.265. The number of hydrogen-bond acceptors (Lipinski definition) is 1. The maximum atomic E-state index is 5.15. The first-order valence-corrected chi connectivity index (χ1v) is 11.3. The van der Waals surface area contributed by atoms with Crippen molar-refractivity contribution in [1.82, 2.24) is 9.55 Å². The van der Waals surface area contributed by atoms with Crippen LogP contribution >= 0.6 is 31.9 Å². The first kappa shape index (κ1) is 20.4. The number of benzene rings is 3. The van der Waals surface area contributed by atoms with E-state index in [9.17, 15) is 0 Å². The molecule has 0 bridgehead atoms. The molecule has 4 heteroatoms. The van der Waals surface area contributed by atoms with Crippen LogP contribution in [0.25, 0.3) is 28.1 Å². The van der Waals surface area contributed by atoms with Crippen molar-refractivity contribution in [2.45, 2.75) is 40.0 Å². The highest BCUT2D eigenvalue weighted by Gasteiger charge is 2.21. The van der Waals surface area contributed by atoms with Crippen LogP contribution in [-0.2, 0) is 5.41 Å². The Hall–Kier alpha value is -1.91. The van der Waals surface area contributed by atoms with E-state index in [-0.39, 0.29) is 5.41 Å². The van der Waals surface area contributed by atoms with Crippen molar-refractivity contribution in [3.8, 4) is 17.1 Å².